The molecule has 0 aliphatic carbocycles. The smallest absolute Gasteiger partial charge is 0.274 e. The quantitative estimate of drug-likeness (QED) is 0.508. The van der Waals surface area contributed by atoms with Crippen LogP contribution in [0.3, 0.4) is 0 Å². The van der Waals surface area contributed by atoms with Crippen molar-refractivity contribution in [1.29, 1.82) is 0 Å². The molecule has 10 nitrogen and oxygen atoms in total. The van der Waals surface area contributed by atoms with Crippen LogP contribution in [0.25, 0.3) is 0 Å². The fourth-order valence-corrected chi connectivity index (χ4v) is 3.84. The second-order valence-corrected chi connectivity index (χ2v) is 8.82. The molecule has 2 N–H and O–H groups in total. The van der Waals surface area contributed by atoms with Crippen LogP contribution in [0.15, 0.2) is 72.1 Å². The number of H-pyrrole nitrogens is 1. The molecule has 3 heterocycles. The standard InChI is InChI=1S/C25H25FN6O4/c1-16(23(34)30-21-9-8-19(12-28-21)36-18-6-4-17(26)5-7-18)31-10-11-32(25(2,3)15-31)24(35)20-13-29-22(33)14-27-20/h4-9,12-14H,1,10-11,15H2,2-3H3,(H,29,33)(H,28,30,34). The monoisotopic (exact) mass is 492 g/mol. The van der Waals surface area contributed by atoms with Crippen molar-refractivity contribution in [2.75, 3.05) is 25.0 Å². The van der Waals surface area contributed by atoms with Gasteiger partial charge in [-0.2, -0.15) is 0 Å². The fourth-order valence-electron chi connectivity index (χ4n) is 3.84. The van der Waals surface area contributed by atoms with Crippen molar-refractivity contribution in [3.05, 3.63) is 89.1 Å². The normalized spacial score (nSPS) is 14.8. The van der Waals surface area contributed by atoms with Crippen molar-refractivity contribution in [3.8, 4) is 11.5 Å². The Hall–Kier alpha value is -4.54. The van der Waals surface area contributed by atoms with E-state index in [0.29, 0.717) is 37.0 Å². The number of amides is 2. The third-order valence-electron chi connectivity index (χ3n) is 5.71. The maximum Gasteiger partial charge on any atom is 0.274 e. The molecular weight excluding hydrogens is 467 g/mol. The van der Waals surface area contributed by atoms with Crippen molar-refractivity contribution in [1.82, 2.24) is 24.8 Å². The first-order valence-electron chi connectivity index (χ1n) is 11.1. The van der Waals surface area contributed by atoms with Gasteiger partial charge >= 0.3 is 0 Å². The summed E-state index contributed by atoms with van der Waals surface area (Å²) >= 11 is 0. The van der Waals surface area contributed by atoms with Crippen LogP contribution in [0.2, 0.25) is 0 Å². The van der Waals surface area contributed by atoms with E-state index < -0.39 is 11.4 Å². The van der Waals surface area contributed by atoms with Gasteiger partial charge in [-0.1, -0.05) is 6.58 Å². The summed E-state index contributed by atoms with van der Waals surface area (Å²) in [7, 11) is 0. The first kappa shape index (κ1) is 24.6. The predicted molar refractivity (Wildman–Crippen MR) is 130 cm³/mol. The van der Waals surface area contributed by atoms with E-state index in [9.17, 15) is 18.8 Å². The van der Waals surface area contributed by atoms with Crippen molar-refractivity contribution in [2.24, 2.45) is 0 Å². The number of carbonyl (C=O) groups excluding carboxylic acids is 2. The Morgan fingerprint density at radius 1 is 1.08 bits per heavy atom. The molecule has 0 spiro atoms. The van der Waals surface area contributed by atoms with Crippen molar-refractivity contribution < 1.29 is 18.7 Å². The number of hydrogen-bond acceptors (Lipinski definition) is 7. The lowest BCUT2D eigenvalue weighted by atomic mass is 9.97. The van der Waals surface area contributed by atoms with Gasteiger partial charge in [0.2, 0.25) is 0 Å². The molecule has 3 aromatic rings. The van der Waals surface area contributed by atoms with Gasteiger partial charge in [-0.05, 0) is 50.2 Å². The molecular formula is C25H25FN6O4. The molecule has 0 radical (unpaired) electrons. The van der Waals surface area contributed by atoms with Crippen LogP contribution >= 0.6 is 0 Å². The molecule has 1 fully saturated rings. The van der Waals surface area contributed by atoms with E-state index in [4.69, 9.17) is 4.74 Å². The van der Waals surface area contributed by atoms with Gasteiger partial charge in [0, 0.05) is 25.8 Å². The number of aromatic amines is 1. The average Bonchev–Trinajstić information content (AvgIpc) is 2.85. The average molecular weight is 493 g/mol. The lowest BCUT2D eigenvalue weighted by Gasteiger charge is -2.47. The zero-order chi connectivity index (χ0) is 25.9. The molecule has 11 heteroatoms. The number of anilines is 1. The number of benzene rings is 1. The summed E-state index contributed by atoms with van der Waals surface area (Å²) in [4.78, 5) is 51.0. The molecule has 0 atom stereocenters. The highest BCUT2D eigenvalue weighted by Crippen LogP contribution is 2.26. The van der Waals surface area contributed by atoms with Crippen molar-refractivity contribution in [3.63, 3.8) is 0 Å². The number of nitrogens with one attached hydrogen (secondary N) is 2. The summed E-state index contributed by atoms with van der Waals surface area (Å²) in [6.07, 6.45) is 3.81. The molecule has 2 aromatic heterocycles. The minimum Gasteiger partial charge on any atom is -0.456 e. The highest BCUT2D eigenvalue weighted by atomic mass is 19.1. The van der Waals surface area contributed by atoms with Gasteiger partial charge in [0.05, 0.1) is 23.6 Å². The maximum absolute atomic E-state index is 13.0. The summed E-state index contributed by atoms with van der Waals surface area (Å²) in [6, 6.07) is 8.80. The first-order chi connectivity index (χ1) is 17.1. The molecule has 0 saturated carbocycles. The molecule has 1 saturated heterocycles. The van der Waals surface area contributed by atoms with Gasteiger partial charge in [-0.25, -0.2) is 14.4 Å². The van der Waals surface area contributed by atoms with Crippen LogP contribution in [0.1, 0.15) is 24.3 Å². The van der Waals surface area contributed by atoms with E-state index in [1.165, 1.54) is 36.7 Å². The third-order valence-corrected chi connectivity index (χ3v) is 5.71. The Labute approximate surface area is 206 Å². The van der Waals surface area contributed by atoms with Gasteiger partial charge in [-0.3, -0.25) is 14.4 Å². The van der Waals surface area contributed by atoms with Crippen LogP contribution in [0.4, 0.5) is 10.2 Å². The van der Waals surface area contributed by atoms with Gasteiger partial charge in [0.25, 0.3) is 17.4 Å². The number of piperazine rings is 1. The zero-order valence-electron chi connectivity index (χ0n) is 19.8. The molecule has 4 rings (SSSR count). The number of halogens is 1. The van der Waals surface area contributed by atoms with Gasteiger partial charge in [0.15, 0.2) is 0 Å². The summed E-state index contributed by atoms with van der Waals surface area (Å²) < 4.78 is 18.6. The van der Waals surface area contributed by atoms with Gasteiger partial charge < -0.3 is 24.8 Å². The molecule has 0 unspecified atom stereocenters. The zero-order valence-corrected chi connectivity index (χ0v) is 19.8. The van der Waals surface area contributed by atoms with E-state index in [0.717, 1.165) is 6.20 Å². The highest BCUT2D eigenvalue weighted by molar-refractivity contribution is 6.02. The summed E-state index contributed by atoms with van der Waals surface area (Å²) in [5.41, 5.74) is -0.632. The van der Waals surface area contributed by atoms with Gasteiger partial charge in [0.1, 0.15) is 28.8 Å². The molecule has 186 valence electrons. The number of hydrogen-bond donors (Lipinski definition) is 2. The number of nitrogens with zero attached hydrogens (tertiary/aromatic N) is 4. The molecule has 0 bridgehead atoms. The number of rotatable bonds is 6. The van der Waals surface area contributed by atoms with E-state index >= 15 is 0 Å². The SMILES string of the molecule is C=C(C(=O)Nc1ccc(Oc2ccc(F)cc2)cn1)N1CCN(C(=O)c2c[nH]c(=O)cn2)C(C)(C)C1. The van der Waals surface area contributed by atoms with Crippen LogP contribution in [-0.4, -0.2) is 61.7 Å². The maximum atomic E-state index is 13.0. The fraction of sp³-hybridized carbons (Fsp3) is 0.240. The van der Waals surface area contributed by atoms with E-state index in [-0.39, 0.29) is 28.7 Å². The Balaban J connectivity index is 1.35. The van der Waals surface area contributed by atoms with E-state index in [2.05, 4.69) is 26.8 Å². The van der Waals surface area contributed by atoms with Crippen LogP contribution < -0.4 is 15.6 Å². The molecule has 1 aromatic carbocycles. The topological polar surface area (TPSA) is 121 Å². The first-order valence-corrected chi connectivity index (χ1v) is 11.1. The Bertz CT molecular complexity index is 1320. The Morgan fingerprint density at radius 2 is 1.81 bits per heavy atom. The molecule has 2 amide bonds. The summed E-state index contributed by atoms with van der Waals surface area (Å²) in [6.45, 7) is 8.80. The Kier molecular flexibility index (Phi) is 6.82. The lowest BCUT2D eigenvalue weighted by molar-refractivity contribution is -0.114. The summed E-state index contributed by atoms with van der Waals surface area (Å²) in [5, 5.41) is 2.71. The minimum absolute atomic E-state index is 0.144. The second-order valence-electron chi connectivity index (χ2n) is 8.82. The van der Waals surface area contributed by atoms with Crippen molar-refractivity contribution >= 4 is 17.6 Å². The minimum atomic E-state index is -0.631. The van der Waals surface area contributed by atoms with Gasteiger partial charge in [-0.15, -0.1) is 0 Å². The lowest BCUT2D eigenvalue weighted by Crippen LogP contribution is -2.61. The number of ether oxygens (including phenoxy) is 1. The largest absolute Gasteiger partial charge is 0.456 e. The molecule has 1 aliphatic rings. The highest BCUT2D eigenvalue weighted by Gasteiger charge is 2.38. The molecule has 36 heavy (non-hydrogen) atoms. The predicted octanol–water partition coefficient (Wildman–Crippen LogP) is 2.79. The summed E-state index contributed by atoms with van der Waals surface area (Å²) in [5.74, 6) is 0.106. The number of carbonyl (C=O) groups is 2. The van der Waals surface area contributed by atoms with Crippen LogP contribution in [0.5, 0.6) is 11.5 Å². The number of pyridine rings is 1. The molecule has 1 aliphatic heterocycles. The third kappa shape index (κ3) is 5.57. The Morgan fingerprint density at radius 3 is 2.42 bits per heavy atom. The number of aromatic nitrogens is 3. The van der Waals surface area contributed by atoms with Crippen molar-refractivity contribution in [2.45, 2.75) is 19.4 Å². The van der Waals surface area contributed by atoms with Crippen LogP contribution in [-0.2, 0) is 4.79 Å². The van der Waals surface area contributed by atoms with E-state index in [1.807, 2.05) is 18.7 Å². The second kappa shape index (κ2) is 9.98. The van der Waals surface area contributed by atoms with Crippen LogP contribution in [0, 0.1) is 5.82 Å². The van der Waals surface area contributed by atoms with E-state index in [1.54, 1.807) is 17.0 Å².